The zero-order chi connectivity index (χ0) is 19.6. The third kappa shape index (κ3) is 3.42. The Hall–Kier alpha value is -3.02. The molecule has 5 nitrogen and oxygen atoms in total. The number of carbonyl (C=O) groups excluding carboxylic acids is 2. The van der Waals surface area contributed by atoms with Gasteiger partial charge in [0.05, 0.1) is 5.69 Å². The molecule has 2 aromatic rings. The highest BCUT2D eigenvalue weighted by atomic mass is 19.1. The van der Waals surface area contributed by atoms with E-state index in [1.807, 2.05) is 30.3 Å². The van der Waals surface area contributed by atoms with E-state index < -0.39 is 17.4 Å². The van der Waals surface area contributed by atoms with Crippen LogP contribution in [0.5, 0.6) is 0 Å². The molecule has 1 N–H and O–H groups in total. The van der Waals surface area contributed by atoms with Crippen molar-refractivity contribution in [2.75, 3.05) is 11.9 Å². The number of hydrogen-bond donors (Lipinski definition) is 1. The average molecular weight is 379 g/mol. The molecule has 0 atom stereocenters. The lowest BCUT2D eigenvalue weighted by molar-refractivity contribution is -0.134. The molecule has 1 fully saturated rings. The van der Waals surface area contributed by atoms with Gasteiger partial charge < -0.3 is 10.2 Å². The van der Waals surface area contributed by atoms with E-state index in [1.54, 1.807) is 17.0 Å². The topological polar surface area (TPSA) is 61.8 Å². The molecule has 0 saturated heterocycles. The van der Waals surface area contributed by atoms with Crippen LogP contribution in [0.1, 0.15) is 37.7 Å². The molecule has 6 heteroatoms. The van der Waals surface area contributed by atoms with Crippen LogP contribution in [-0.2, 0) is 9.59 Å². The van der Waals surface area contributed by atoms with E-state index in [-0.39, 0.29) is 18.1 Å². The van der Waals surface area contributed by atoms with Crippen LogP contribution in [0, 0.1) is 5.82 Å². The molecule has 0 radical (unpaired) electrons. The normalized spacial score (nSPS) is 18.2. The molecular formula is C22H22FN3O2. The van der Waals surface area contributed by atoms with Gasteiger partial charge in [-0.15, -0.1) is 0 Å². The second kappa shape index (κ2) is 7.54. The Morgan fingerprint density at radius 3 is 2.43 bits per heavy atom. The summed E-state index contributed by atoms with van der Waals surface area (Å²) in [6.07, 6.45) is 4.50. The van der Waals surface area contributed by atoms with E-state index in [1.165, 1.54) is 12.1 Å². The van der Waals surface area contributed by atoms with Gasteiger partial charge in [-0.3, -0.25) is 14.6 Å². The lowest BCUT2D eigenvalue weighted by Crippen LogP contribution is -2.51. The maximum absolute atomic E-state index is 13.9. The molecular weight excluding hydrogens is 357 g/mol. The lowest BCUT2D eigenvalue weighted by atomic mass is 9.88. The quantitative estimate of drug-likeness (QED) is 0.879. The molecule has 1 aliphatic heterocycles. The van der Waals surface area contributed by atoms with E-state index in [0.717, 1.165) is 37.7 Å². The van der Waals surface area contributed by atoms with Gasteiger partial charge in [0.1, 0.15) is 23.7 Å². The summed E-state index contributed by atoms with van der Waals surface area (Å²) in [6.45, 7) is -0.146. The smallest absolute Gasteiger partial charge is 0.275 e. The van der Waals surface area contributed by atoms with Crippen molar-refractivity contribution in [3.63, 3.8) is 0 Å². The van der Waals surface area contributed by atoms with Gasteiger partial charge in [-0.1, -0.05) is 48.9 Å². The maximum atomic E-state index is 13.9. The second-order valence-electron chi connectivity index (χ2n) is 7.29. The molecule has 28 heavy (non-hydrogen) atoms. The molecule has 1 aliphatic carbocycles. The number of rotatable bonds is 4. The minimum absolute atomic E-state index is 0.112. The molecule has 1 heterocycles. The van der Waals surface area contributed by atoms with Crippen molar-refractivity contribution >= 4 is 23.2 Å². The molecule has 0 bridgehead atoms. The van der Waals surface area contributed by atoms with Gasteiger partial charge in [-0.2, -0.15) is 0 Å². The van der Waals surface area contributed by atoms with Gasteiger partial charge in [0.2, 0.25) is 5.91 Å². The summed E-state index contributed by atoms with van der Waals surface area (Å²) in [7, 11) is 0. The average Bonchev–Trinajstić information content (AvgIpc) is 2.97. The van der Waals surface area contributed by atoms with E-state index in [0.29, 0.717) is 5.71 Å². The molecule has 2 aromatic carbocycles. The van der Waals surface area contributed by atoms with Crippen molar-refractivity contribution in [1.82, 2.24) is 4.90 Å². The third-order valence-corrected chi connectivity index (χ3v) is 5.42. The first kappa shape index (κ1) is 18.3. The number of para-hydroxylation sites is 1. The fraction of sp³-hybridized carbons (Fsp3) is 0.318. The van der Waals surface area contributed by atoms with Gasteiger partial charge in [0.15, 0.2) is 0 Å². The van der Waals surface area contributed by atoms with Gasteiger partial charge in [0.25, 0.3) is 5.91 Å². The zero-order valence-corrected chi connectivity index (χ0v) is 15.5. The lowest BCUT2D eigenvalue weighted by Gasteiger charge is -2.38. The maximum Gasteiger partial charge on any atom is 0.275 e. The summed E-state index contributed by atoms with van der Waals surface area (Å²) < 4.78 is 13.9. The van der Waals surface area contributed by atoms with E-state index >= 15 is 0 Å². The van der Waals surface area contributed by atoms with Crippen molar-refractivity contribution in [1.29, 1.82) is 0 Å². The first-order valence-corrected chi connectivity index (χ1v) is 9.61. The van der Waals surface area contributed by atoms with Crippen molar-refractivity contribution in [3.05, 3.63) is 66.0 Å². The fourth-order valence-electron chi connectivity index (χ4n) is 4.03. The predicted octanol–water partition coefficient (Wildman–Crippen LogP) is 3.76. The predicted molar refractivity (Wildman–Crippen MR) is 106 cm³/mol. The Morgan fingerprint density at radius 2 is 1.71 bits per heavy atom. The van der Waals surface area contributed by atoms with Crippen LogP contribution in [-0.4, -0.2) is 34.6 Å². The number of hydrogen-bond acceptors (Lipinski definition) is 3. The number of amides is 2. The first-order valence-electron chi connectivity index (χ1n) is 9.61. The van der Waals surface area contributed by atoms with Crippen LogP contribution in [0.4, 0.5) is 10.1 Å². The number of halogens is 1. The van der Waals surface area contributed by atoms with Crippen LogP contribution >= 0.6 is 0 Å². The largest absolute Gasteiger partial charge is 0.322 e. The summed E-state index contributed by atoms with van der Waals surface area (Å²) >= 11 is 0. The Morgan fingerprint density at radius 1 is 1.04 bits per heavy atom. The van der Waals surface area contributed by atoms with Gasteiger partial charge in [-0.25, -0.2) is 4.39 Å². The van der Waals surface area contributed by atoms with E-state index in [2.05, 4.69) is 5.32 Å². The third-order valence-electron chi connectivity index (χ3n) is 5.42. The van der Waals surface area contributed by atoms with Crippen molar-refractivity contribution < 1.29 is 14.0 Å². The Balaban J connectivity index is 1.59. The number of aliphatic imine (C=N–C) groups is 1. The highest BCUT2D eigenvalue weighted by Gasteiger charge is 2.48. The number of carbonyl (C=O) groups is 2. The number of benzene rings is 2. The zero-order valence-electron chi connectivity index (χ0n) is 15.5. The Labute approximate surface area is 163 Å². The summed E-state index contributed by atoms with van der Waals surface area (Å²) in [5.41, 5.74) is 0.601. The van der Waals surface area contributed by atoms with Crippen LogP contribution < -0.4 is 5.32 Å². The summed E-state index contributed by atoms with van der Waals surface area (Å²) in [5, 5.41) is 2.58. The SMILES string of the molecule is O=C(CN1C(=O)C(c2ccccc2)=NC12CCCCC2)Nc1ccccc1F. The van der Waals surface area contributed by atoms with Crippen LogP contribution in [0.3, 0.4) is 0 Å². The highest BCUT2D eigenvalue weighted by molar-refractivity contribution is 6.47. The van der Waals surface area contributed by atoms with Crippen LogP contribution in [0.2, 0.25) is 0 Å². The van der Waals surface area contributed by atoms with Gasteiger partial charge in [-0.05, 0) is 37.8 Å². The molecule has 0 aromatic heterocycles. The summed E-state index contributed by atoms with van der Waals surface area (Å²) in [6, 6.07) is 15.3. The van der Waals surface area contributed by atoms with E-state index in [9.17, 15) is 14.0 Å². The molecule has 1 saturated carbocycles. The summed E-state index contributed by atoms with van der Waals surface area (Å²) in [5.74, 6) is -1.16. The number of nitrogens with one attached hydrogen (secondary N) is 1. The van der Waals surface area contributed by atoms with Crippen molar-refractivity contribution in [3.8, 4) is 0 Å². The minimum atomic E-state index is -0.674. The standard InChI is InChI=1S/C22H22FN3O2/c23-17-11-5-6-12-18(17)24-19(27)15-26-21(28)20(16-9-3-1-4-10-16)25-22(26)13-7-2-8-14-22/h1,3-6,9-12H,2,7-8,13-15H2,(H,24,27). The van der Waals surface area contributed by atoms with Crippen LogP contribution in [0.25, 0.3) is 0 Å². The molecule has 0 unspecified atom stereocenters. The Kier molecular flexibility index (Phi) is 4.94. The van der Waals surface area contributed by atoms with Crippen molar-refractivity contribution in [2.45, 2.75) is 37.8 Å². The van der Waals surface area contributed by atoms with Gasteiger partial charge in [0, 0.05) is 5.56 Å². The molecule has 1 spiro atoms. The molecule has 4 rings (SSSR count). The molecule has 2 amide bonds. The Bertz CT molecular complexity index is 920. The summed E-state index contributed by atoms with van der Waals surface area (Å²) in [4.78, 5) is 32.2. The van der Waals surface area contributed by atoms with Crippen molar-refractivity contribution in [2.24, 2.45) is 4.99 Å². The van der Waals surface area contributed by atoms with E-state index in [4.69, 9.17) is 4.99 Å². The fourth-order valence-corrected chi connectivity index (χ4v) is 4.03. The minimum Gasteiger partial charge on any atom is -0.322 e. The first-order chi connectivity index (χ1) is 13.6. The molecule has 2 aliphatic rings. The van der Waals surface area contributed by atoms with Crippen LogP contribution in [0.15, 0.2) is 59.6 Å². The second-order valence-corrected chi connectivity index (χ2v) is 7.29. The molecule has 144 valence electrons. The van der Waals surface area contributed by atoms with Gasteiger partial charge >= 0.3 is 0 Å². The highest BCUT2D eigenvalue weighted by Crippen LogP contribution is 2.39. The number of anilines is 1. The number of nitrogens with zero attached hydrogens (tertiary/aromatic N) is 2. The monoisotopic (exact) mass is 379 g/mol.